The first kappa shape index (κ1) is 23.5. The molecule has 8 nitrogen and oxygen atoms in total. The summed E-state index contributed by atoms with van der Waals surface area (Å²) in [7, 11) is 0. The predicted molar refractivity (Wildman–Crippen MR) is 110 cm³/mol. The van der Waals surface area contributed by atoms with E-state index in [1.807, 2.05) is 20.8 Å². The smallest absolute Gasteiger partial charge is 0.410 e. The topological polar surface area (TPSA) is 91.4 Å². The Morgan fingerprint density at radius 3 is 2.17 bits per heavy atom. The Kier molecular flexibility index (Phi) is 8.08. The van der Waals surface area contributed by atoms with E-state index in [0.29, 0.717) is 25.9 Å². The number of likely N-dealkylation sites (tertiary alicyclic amines) is 1. The zero-order valence-electron chi connectivity index (χ0n) is 18.4. The number of piperidine rings is 1. The Morgan fingerprint density at radius 2 is 1.60 bits per heavy atom. The molecule has 0 radical (unpaired) electrons. The number of carbonyl (C=O) groups is 3. The molecule has 0 N–H and O–H groups in total. The average Bonchev–Trinajstić information content (AvgIpc) is 2.67. The van der Waals surface area contributed by atoms with Crippen LogP contribution in [0.25, 0.3) is 0 Å². The molecule has 1 aromatic carbocycles. The molecule has 30 heavy (non-hydrogen) atoms. The van der Waals surface area contributed by atoms with Gasteiger partial charge in [0, 0.05) is 25.9 Å². The molecule has 0 saturated carbocycles. The molecular weight excluding hydrogens is 390 g/mol. The minimum atomic E-state index is -0.637. The molecule has 0 spiro atoms. The zero-order chi connectivity index (χ0) is 22.3. The second-order valence-electron chi connectivity index (χ2n) is 7.90. The number of nitrogens with zero attached hydrogens (tertiary/aromatic N) is 1. The van der Waals surface area contributed by atoms with Crippen molar-refractivity contribution in [3.63, 3.8) is 0 Å². The molecule has 0 unspecified atom stereocenters. The van der Waals surface area contributed by atoms with Crippen LogP contribution in [-0.2, 0) is 14.2 Å². The Balaban J connectivity index is 2.13. The van der Waals surface area contributed by atoms with Crippen LogP contribution in [0.15, 0.2) is 18.2 Å². The van der Waals surface area contributed by atoms with Gasteiger partial charge in [-0.25, -0.2) is 14.4 Å². The van der Waals surface area contributed by atoms with Gasteiger partial charge in [0.25, 0.3) is 0 Å². The number of benzene rings is 1. The minimum absolute atomic E-state index is 0.0624. The molecule has 0 atom stereocenters. The van der Waals surface area contributed by atoms with E-state index in [2.05, 4.69) is 0 Å². The quantitative estimate of drug-likeness (QED) is 0.509. The van der Waals surface area contributed by atoms with Crippen LogP contribution in [0.1, 0.15) is 68.2 Å². The third kappa shape index (κ3) is 6.37. The Labute approximate surface area is 177 Å². The molecule has 1 aromatic rings. The molecular formula is C22H31NO7. The first-order valence-electron chi connectivity index (χ1n) is 10.3. The lowest BCUT2D eigenvalue weighted by atomic mass is 10.0. The predicted octanol–water partition coefficient (Wildman–Crippen LogP) is 3.82. The van der Waals surface area contributed by atoms with Gasteiger partial charge in [-0.2, -0.15) is 0 Å². The second-order valence-corrected chi connectivity index (χ2v) is 7.90. The van der Waals surface area contributed by atoms with Crippen LogP contribution < -0.4 is 4.74 Å². The van der Waals surface area contributed by atoms with Gasteiger partial charge in [0.15, 0.2) is 0 Å². The van der Waals surface area contributed by atoms with E-state index in [9.17, 15) is 14.4 Å². The molecule has 1 saturated heterocycles. The maximum absolute atomic E-state index is 12.5. The molecule has 1 aliphatic rings. The van der Waals surface area contributed by atoms with Crippen molar-refractivity contribution in [1.82, 2.24) is 4.90 Å². The number of amides is 1. The molecule has 166 valence electrons. The second kappa shape index (κ2) is 10.3. The van der Waals surface area contributed by atoms with Crippen molar-refractivity contribution in [2.24, 2.45) is 0 Å². The highest BCUT2D eigenvalue weighted by Gasteiger charge is 2.30. The summed E-state index contributed by atoms with van der Waals surface area (Å²) < 4.78 is 21.7. The first-order chi connectivity index (χ1) is 14.2. The highest BCUT2D eigenvalue weighted by Crippen LogP contribution is 2.28. The molecule has 1 heterocycles. The van der Waals surface area contributed by atoms with Gasteiger partial charge < -0.3 is 23.8 Å². The van der Waals surface area contributed by atoms with Gasteiger partial charge in [-0.3, -0.25) is 0 Å². The van der Waals surface area contributed by atoms with Gasteiger partial charge in [0.2, 0.25) is 0 Å². The van der Waals surface area contributed by atoms with Crippen molar-refractivity contribution in [2.45, 2.75) is 59.2 Å². The fourth-order valence-electron chi connectivity index (χ4n) is 3.08. The standard InChI is InChI=1S/C22H31NO7/c1-6-27-19(24)16-9-8-10-17(18(16)20(25)28-7-2)29-15-11-13-23(14-12-15)21(26)30-22(3,4)5/h8-10,15H,6-7,11-14H2,1-5H3. The largest absolute Gasteiger partial charge is 0.489 e. The van der Waals surface area contributed by atoms with E-state index in [1.54, 1.807) is 30.9 Å². The zero-order valence-corrected chi connectivity index (χ0v) is 18.4. The molecule has 8 heteroatoms. The Hall–Kier alpha value is -2.77. The van der Waals surface area contributed by atoms with Gasteiger partial charge in [0.05, 0.1) is 18.8 Å². The summed E-state index contributed by atoms with van der Waals surface area (Å²) in [5.41, 5.74) is -0.377. The summed E-state index contributed by atoms with van der Waals surface area (Å²) >= 11 is 0. The van der Waals surface area contributed by atoms with Crippen molar-refractivity contribution >= 4 is 18.0 Å². The lowest BCUT2D eigenvalue weighted by molar-refractivity contribution is 0.0124. The first-order valence-corrected chi connectivity index (χ1v) is 10.3. The monoisotopic (exact) mass is 421 g/mol. The summed E-state index contributed by atoms with van der Waals surface area (Å²) in [6.07, 6.45) is 0.586. The summed E-state index contributed by atoms with van der Waals surface area (Å²) in [5, 5.41) is 0. The summed E-state index contributed by atoms with van der Waals surface area (Å²) in [5.74, 6) is -0.970. The number of hydrogen-bond donors (Lipinski definition) is 0. The van der Waals surface area contributed by atoms with Crippen molar-refractivity contribution in [1.29, 1.82) is 0 Å². The van der Waals surface area contributed by atoms with Crippen LogP contribution in [-0.4, -0.2) is 60.9 Å². The van der Waals surface area contributed by atoms with E-state index in [4.69, 9.17) is 18.9 Å². The Bertz CT molecular complexity index is 761. The molecule has 1 fully saturated rings. The average molecular weight is 421 g/mol. The van der Waals surface area contributed by atoms with Crippen LogP contribution in [0.3, 0.4) is 0 Å². The van der Waals surface area contributed by atoms with Crippen LogP contribution in [0.2, 0.25) is 0 Å². The number of rotatable bonds is 6. The van der Waals surface area contributed by atoms with E-state index in [1.165, 1.54) is 6.07 Å². The Morgan fingerprint density at radius 1 is 1.00 bits per heavy atom. The fourth-order valence-corrected chi connectivity index (χ4v) is 3.08. The fraction of sp³-hybridized carbons (Fsp3) is 0.591. The van der Waals surface area contributed by atoms with Gasteiger partial charge in [-0.1, -0.05) is 6.07 Å². The number of ether oxygens (including phenoxy) is 4. The number of esters is 2. The van der Waals surface area contributed by atoms with E-state index in [0.717, 1.165) is 0 Å². The van der Waals surface area contributed by atoms with Crippen molar-refractivity contribution < 1.29 is 33.3 Å². The summed E-state index contributed by atoms with van der Waals surface area (Å²) in [4.78, 5) is 38.7. The molecule has 0 aromatic heterocycles. The molecule has 0 aliphatic carbocycles. The van der Waals surface area contributed by atoms with Crippen LogP contribution >= 0.6 is 0 Å². The highest BCUT2D eigenvalue weighted by molar-refractivity contribution is 6.05. The maximum atomic E-state index is 12.5. The highest BCUT2D eigenvalue weighted by atomic mass is 16.6. The van der Waals surface area contributed by atoms with Gasteiger partial charge in [-0.05, 0) is 46.8 Å². The molecule has 1 aliphatic heterocycles. The van der Waals surface area contributed by atoms with Crippen molar-refractivity contribution in [3.05, 3.63) is 29.3 Å². The van der Waals surface area contributed by atoms with Crippen LogP contribution in [0.4, 0.5) is 4.79 Å². The molecule has 2 rings (SSSR count). The van der Waals surface area contributed by atoms with E-state index < -0.39 is 17.5 Å². The van der Waals surface area contributed by atoms with Gasteiger partial charge in [0.1, 0.15) is 23.0 Å². The van der Waals surface area contributed by atoms with Crippen molar-refractivity contribution in [2.75, 3.05) is 26.3 Å². The molecule has 1 amide bonds. The minimum Gasteiger partial charge on any atom is -0.489 e. The van der Waals surface area contributed by atoms with Crippen molar-refractivity contribution in [3.8, 4) is 5.75 Å². The molecule has 0 bridgehead atoms. The third-order valence-electron chi connectivity index (χ3n) is 4.39. The normalized spacial score (nSPS) is 14.8. The summed E-state index contributed by atoms with van der Waals surface area (Å²) in [6, 6.07) is 4.79. The third-order valence-corrected chi connectivity index (χ3v) is 4.39. The SMILES string of the molecule is CCOC(=O)c1cccc(OC2CCN(C(=O)OC(C)(C)C)CC2)c1C(=O)OCC. The summed E-state index contributed by atoms with van der Waals surface area (Å²) in [6.45, 7) is 10.2. The van der Waals surface area contributed by atoms with Crippen LogP contribution in [0, 0.1) is 0 Å². The van der Waals surface area contributed by atoms with Gasteiger partial charge in [-0.15, -0.1) is 0 Å². The van der Waals surface area contributed by atoms with Crippen LogP contribution in [0.5, 0.6) is 5.75 Å². The maximum Gasteiger partial charge on any atom is 0.410 e. The van der Waals surface area contributed by atoms with E-state index >= 15 is 0 Å². The number of carbonyl (C=O) groups excluding carboxylic acids is 3. The van der Waals surface area contributed by atoms with Gasteiger partial charge >= 0.3 is 18.0 Å². The number of hydrogen-bond acceptors (Lipinski definition) is 7. The van der Waals surface area contributed by atoms with E-state index in [-0.39, 0.29) is 42.3 Å². The lowest BCUT2D eigenvalue weighted by Gasteiger charge is -2.33. The lowest BCUT2D eigenvalue weighted by Crippen LogP contribution is -2.44.